The number of aromatic hydroxyl groups is 1. The van der Waals surface area contributed by atoms with Crippen molar-refractivity contribution in [2.75, 3.05) is 6.61 Å². The van der Waals surface area contributed by atoms with Crippen LogP contribution < -0.4 is 4.74 Å². The van der Waals surface area contributed by atoms with E-state index in [1.165, 1.54) is 26.0 Å². The minimum absolute atomic E-state index is 0.0768. The van der Waals surface area contributed by atoms with E-state index in [0.29, 0.717) is 24.0 Å². The van der Waals surface area contributed by atoms with Gasteiger partial charge < -0.3 is 50.0 Å². The van der Waals surface area contributed by atoms with Gasteiger partial charge in [0.05, 0.1) is 18.1 Å². The molecule has 50 heavy (non-hydrogen) atoms. The zero-order valence-corrected chi connectivity index (χ0v) is 30.0. The Hall–Kier alpha value is -2.91. The molecule has 278 valence electrons. The Bertz CT molecular complexity index is 1580. The van der Waals surface area contributed by atoms with Crippen LogP contribution in [0.15, 0.2) is 18.2 Å². The highest BCUT2D eigenvalue weighted by Gasteiger charge is 2.73. The zero-order chi connectivity index (χ0) is 37.5. The summed E-state index contributed by atoms with van der Waals surface area (Å²) in [5, 5.41) is 75.6. The lowest BCUT2D eigenvalue weighted by molar-refractivity contribution is -0.277. The van der Waals surface area contributed by atoms with E-state index in [1.807, 2.05) is 20.8 Å². The molecule has 3 fully saturated rings. The second-order valence-corrected chi connectivity index (χ2v) is 16.2. The highest BCUT2D eigenvalue weighted by Crippen LogP contribution is 2.72. The van der Waals surface area contributed by atoms with Gasteiger partial charge in [-0.2, -0.15) is 0 Å². The average Bonchev–Trinajstić information content (AvgIpc) is 3.22. The third-order valence-electron chi connectivity index (χ3n) is 12.7. The van der Waals surface area contributed by atoms with Gasteiger partial charge in [-0.3, -0.25) is 14.4 Å². The number of rotatable bonds is 8. The molecule has 2 saturated carbocycles. The second-order valence-electron chi connectivity index (χ2n) is 16.2. The van der Waals surface area contributed by atoms with Gasteiger partial charge in [0.25, 0.3) is 0 Å². The molecule has 0 aromatic heterocycles. The number of ether oxygens (including phenoxy) is 3. The molecule has 3 aliphatic carbocycles. The Morgan fingerprint density at radius 1 is 1.06 bits per heavy atom. The summed E-state index contributed by atoms with van der Waals surface area (Å²) in [5.41, 5.74) is -4.34. The van der Waals surface area contributed by atoms with Crippen LogP contribution in [0.4, 0.5) is 0 Å². The molecular weight excluding hydrogens is 652 g/mol. The van der Waals surface area contributed by atoms with Crippen LogP contribution in [0.3, 0.4) is 0 Å². The van der Waals surface area contributed by atoms with E-state index < -0.39 is 88.5 Å². The summed E-state index contributed by atoms with van der Waals surface area (Å²) in [6.45, 7) is 12.5. The largest absolute Gasteiger partial charge is 0.504 e. The van der Waals surface area contributed by atoms with Crippen LogP contribution >= 0.6 is 0 Å². The molecule has 7 N–H and O–H groups in total. The van der Waals surface area contributed by atoms with Crippen LogP contribution in [0.25, 0.3) is 0 Å². The van der Waals surface area contributed by atoms with Crippen LogP contribution in [-0.4, -0.2) is 108 Å². The fraction of sp³-hybridized carbons (Fsp3) is 0.703. The molecular formula is C37H52O13. The number of benzene rings is 1. The number of aliphatic hydroxyl groups is 6. The number of hydrogen-bond acceptors (Lipinski definition) is 13. The van der Waals surface area contributed by atoms with E-state index in [-0.39, 0.29) is 36.0 Å². The highest BCUT2D eigenvalue weighted by molar-refractivity contribution is 5.98. The van der Waals surface area contributed by atoms with Crippen LogP contribution in [-0.2, 0) is 35.7 Å². The maximum Gasteiger partial charge on any atom is 0.303 e. The summed E-state index contributed by atoms with van der Waals surface area (Å²) >= 11 is 0. The van der Waals surface area contributed by atoms with E-state index in [0.717, 1.165) is 11.6 Å². The lowest BCUT2D eigenvalue weighted by Crippen LogP contribution is -2.63. The molecule has 0 amide bonds. The third-order valence-corrected chi connectivity index (χ3v) is 12.7. The number of ketones is 2. The Balaban J connectivity index is 1.52. The van der Waals surface area contributed by atoms with Gasteiger partial charge in [0.15, 0.2) is 17.3 Å². The van der Waals surface area contributed by atoms with E-state index in [1.54, 1.807) is 20.8 Å². The number of aliphatic hydroxyl groups excluding tert-OH is 5. The first-order chi connectivity index (χ1) is 23.0. The predicted molar refractivity (Wildman–Crippen MR) is 177 cm³/mol. The quantitative estimate of drug-likeness (QED) is 0.150. The summed E-state index contributed by atoms with van der Waals surface area (Å²) in [6, 6.07) is 1.54. The molecule has 1 heterocycles. The first-order valence-electron chi connectivity index (χ1n) is 17.2. The number of hydrogen-bond donors (Lipinski definition) is 7. The molecule has 0 spiro atoms. The van der Waals surface area contributed by atoms with E-state index in [9.17, 15) is 50.1 Å². The molecule has 0 radical (unpaired) electrons. The van der Waals surface area contributed by atoms with Gasteiger partial charge in [0, 0.05) is 19.3 Å². The Kier molecular flexibility index (Phi) is 9.69. The topological polar surface area (TPSA) is 221 Å². The van der Waals surface area contributed by atoms with Gasteiger partial charge in [-0.15, -0.1) is 0 Å². The fourth-order valence-corrected chi connectivity index (χ4v) is 9.98. The maximum absolute atomic E-state index is 14.7. The van der Waals surface area contributed by atoms with Crippen molar-refractivity contribution in [3.05, 3.63) is 34.9 Å². The van der Waals surface area contributed by atoms with Gasteiger partial charge >= 0.3 is 5.97 Å². The van der Waals surface area contributed by atoms with Crippen LogP contribution in [0.5, 0.6) is 11.5 Å². The first kappa shape index (κ1) is 38.3. The number of carbonyl (C=O) groups excluding carboxylic acids is 3. The first-order valence-corrected chi connectivity index (χ1v) is 17.2. The van der Waals surface area contributed by atoms with Crippen molar-refractivity contribution >= 4 is 17.5 Å². The molecule has 12 atom stereocenters. The van der Waals surface area contributed by atoms with Gasteiger partial charge in [0.2, 0.25) is 6.29 Å². The molecule has 0 bridgehead atoms. The second kappa shape index (κ2) is 12.6. The van der Waals surface area contributed by atoms with Crippen LogP contribution in [0.1, 0.15) is 84.4 Å². The molecule has 13 nitrogen and oxygen atoms in total. The summed E-state index contributed by atoms with van der Waals surface area (Å²) < 4.78 is 16.7. The summed E-state index contributed by atoms with van der Waals surface area (Å²) in [5.74, 6) is -3.18. The lowest BCUT2D eigenvalue weighted by Gasteiger charge is -2.61. The third kappa shape index (κ3) is 5.69. The summed E-state index contributed by atoms with van der Waals surface area (Å²) in [6.07, 6.45) is -5.31. The van der Waals surface area contributed by atoms with Crippen molar-refractivity contribution in [2.24, 2.45) is 22.7 Å². The zero-order valence-electron chi connectivity index (χ0n) is 30.0. The molecule has 1 aromatic rings. The van der Waals surface area contributed by atoms with Crippen molar-refractivity contribution < 1.29 is 64.3 Å². The van der Waals surface area contributed by atoms with E-state index in [2.05, 4.69) is 0 Å². The minimum atomic E-state index is -2.08. The van der Waals surface area contributed by atoms with Crippen molar-refractivity contribution in [3.8, 4) is 11.5 Å². The van der Waals surface area contributed by atoms with Crippen LogP contribution in [0.2, 0.25) is 0 Å². The standard InChI is InChI=1S/C37H52O13/c1-17-19-9-10-24-34(5)14-21(40)31(37(8,47)25(41)11-12-33(3,4)50-18(2)39)35(34,6)15-26(42)36(24,7)20(19)13-22(27(17)43)48-32-30(46)29(45)28(44)23(16-38)49-32/h11-13,21,23-24,28-32,38,40,43-47H,9-10,14-16H2,1-8H3/b12-11+/t21-,23-,24?,28-,29+,30-,31?,32-,34+,35?,36?,37?/m1/s1. The van der Waals surface area contributed by atoms with E-state index >= 15 is 0 Å². The average molecular weight is 705 g/mol. The summed E-state index contributed by atoms with van der Waals surface area (Å²) in [7, 11) is 0. The molecule has 1 saturated heterocycles. The molecule has 4 aliphatic rings. The Labute approximate surface area is 291 Å². The molecule has 13 heteroatoms. The number of phenols is 1. The number of fused-ring (bicyclic) bond motifs is 5. The number of carbonyl (C=O) groups is 3. The van der Waals surface area contributed by atoms with Gasteiger partial charge in [-0.05, 0) is 106 Å². The van der Waals surface area contributed by atoms with Gasteiger partial charge in [-0.1, -0.05) is 13.8 Å². The SMILES string of the molecule is CC(=O)OC(C)(C)/C=C/C(=O)C(C)(O)C1[C@H](O)C[C@@]2(C)C3CCc4c(cc(O[C@@H]5O[C@H](CO)[C@@H](O)[C@H](O)[C@H]5O)c(O)c4C)C3(C)C(=O)CC12C. The van der Waals surface area contributed by atoms with Gasteiger partial charge in [0.1, 0.15) is 41.4 Å². The molecule has 5 rings (SSSR count). The maximum atomic E-state index is 14.7. The van der Waals surface area contributed by atoms with E-state index in [4.69, 9.17) is 14.2 Å². The summed E-state index contributed by atoms with van der Waals surface area (Å²) in [4.78, 5) is 39.8. The number of phenolic OH excluding ortho intramolecular Hbond substituents is 1. The Morgan fingerprint density at radius 2 is 1.70 bits per heavy atom. The normalized spacial score (nSPS) is 39.7. The highest BCUT2D eigenvalue weighted by atomic mass is 16.7. The van der Waals surface area contributed by atoms with Crippen molar-refractivity contribution in [2.45, 2.75) is 135 Å². The molecule has 5 unspecified atom stereocenters. The fourth-order valence-electron chi connectivity index (χ4n) is 9.98. The predicted octanol–water partition coefficient (Wildman–Crippen LogP) is 1.28. The van der Waals surface area contributed by atoms with Crippen molar-refractivity contribution in [1.29, 1.82) is 0 Å². The monoisotopic (exact) mass is 704 g/mol. The Morgan fingerprint density at radius 3 is 2.30 bits per heavy atom. The number of Topliss-reactive ketones (excluding diaryl/α,β-unsaturated/α-hetero) is 1. The van der Waals surface area contributed by atoms with Crippen molar-refractivity contribution in [3.63, 3.8) is 0 Å². The smallest absolute Gasteiger partial charge is 0.303 e. The van der Waals surface area contributed by atoms with Gasteiger partial charge in [-0.25, -0.2) is 0 Å². The molecule has 1 aromatic carbocycles. The minimum Gasteiger partial charge on any atom is -0.504 e. The molecule has 1 aliphatic heterocycles. The van der Waals surface area contributed by atoms with Crippen molar-refractivity contribution in [1.82, 2.24) is 0 Å². The number of esters is 1. The van der Waals surface area contributed by atoms with Crippen LogP contribution in [0, 0.1) is 29.6 Å². The lowest BCUT2D eigenvalue weighted by atomic mass is 9.41.